The second-order valence-electron chi connectivity index (χ2n) is 6.67. The molecule has 0 spiro atoms. The molecule has 0 saturated carbocycles. The number of carbonyl (C=O) groups is 1. The average Bonchev–Trinajstić information content (AvgIpc) is 2.35. The van der Waals surface area contributed by atoms with Crippen LogP contribution in [-0.4, -0.2) is 22.2 Å². The Morgan fingerprint density at radius 1 is 1.19 bits per heavy atom. The quantitative estimate of drug-likeness (QED) is 0.876. The zero-order valence-corrected chi connectivity index (χ0v) is 12.9. The molecule has 1 aliphatic heterocycles. The summed E-state index contributed by atoms with van der Waals surface area (Å²) in [4.78, 5) is 10.8. The Morgan fingerprint density at radius 3 is 2.24 bits per heavy atom. The van der Waals surface area contributed by atoms with E-state index < -0.39 is 17.1 Å². The third kappa shape index (κ3) is 3.25. The van der Waals surface area contributed by atoms with Crippen molar-refractivity contribution in [1.82, 2.24) is 5.06 Å². The Hall–Kier alpha value is -1.85. The maximum absolute atomic E-state index is 12.3. The van der Waals surface area contributed by atoms with Crippen molar-refractivity contribution in [3.63, 3.8) is 0 Å². The van der Waals surface area contributed by atoms with Crippen LogP contribution in [0.4, 0.5) is 10.5 Å². The summed E-state index contributed by atoms with van der Waals surface area (Å²) in [6.07, 6.45) is 2.70. The van der Waals surface area contributed by atoms with Crippen LogP contribution in [0.1, 0.15) is 39.7 Å². The van der Waals surface area contributed by atoms with Gasteiger partial charge in [-0.2, -0.15) is 0 Å². The highest BCUT2D eigenvalue weighted by atomic mass is 16.5. The summed E-state index contributed by atoms with van der Waals surface area (Å²) in [6, 6.07) is 6.91. The molecule has 0 aromatic heterocycles. The Kier molecular flexibility index (Phi) is 3.82. The van der Waals surface area contributed by atoms with Crippen molar-refractivity contribution in [2.45, 2.75) is 45.2 Å². The highest BCUT2D eigenvalue weighted by Crippen LogP contribution is 2.39. The Morgan fingerprint density at radius 2 is 1.76 bits per heavy atom. The third-order valence-corrected chi connectivity index (χ3v) is 3.75. The largest absolute Gasteiger partial charge is 0.351 e. The molecule has 1 aliphatic rings. The number of primary amides is 1. The number of nitrogens with zero attached hydrogens (tertiary/aromatic N) is 1. The maximum atomic E-state index is 12.3. The number of carbonyl (C=O) groups excluding carboxylic acids is 1. The number of hydroxylamine groups is 2. The van der Waals surface area contributed by atoms with E-state index in [4.69, 9.17) is 5.73 Å². The summed E-state index contributed by atoms with van der Waals surface area (Å²) in [5.74, 6) is 0. The normalized spacial score (nSPS) is 20.7. The topological polar surface area (TPSA) is 78.3 Å². The number of amides is 2. The van der Waals surface area contributed by atoms with Crippen LogP contribution >= 0.6 is 0 Å². The van der Waals surface area contributed by atoms with Crippen LogP contribution in [0.5, 0.6) is 0 Å². The molecule has 1 aromatic carbocycles. The summed E-state index contributed by atoms with van der Waals surface area (Å²) < 4.78 is 0. The zero-order valence-electron chi connectivity index (χ0n) is 12.9. The highest BCUT2D eigenvalue weighted by Gasteiger charge is 2.41. The average molecular weight is 288 g/mol. The van der Waals surface area contributed by atoms with Crippen molar-refractivity contribution in [3.05, 3.63) is 35.9 Å². The predicted octanol–water partition coefficient (Wildman–Crippen LogP) is 3.17. The van der Waals surface area contributed by atoms with Gasteiger partial charge in [0.2, 0.25) is 0 Å². The van der Waals surface area contributed by atoms with Crippen LogP contribution in [0.2, 0.25) is 0 Å². The highest BCUT2D eigenvalue weighted by molar-refractivity contribution is 5.88. The van der Waals surface area contributed by atoms with Gasteiger partial charge in [0.15, 0.2) is 0 Å². The monoisotopic (exact) mass is 288 g/mol. The first-order valence-electron chi connectivity index (χ1n) is 6.98. The van der Waals surface area contributed by atoms with Gasteiger partial charge in [0.25, 0.3) is 0 Å². The van der Waals surface area contributed by atoms with E-state index in [0.29, 0.717) is 12.1 Å². The molecule has 21 heavy (non-hydrogen) atoms. The molecular weight excluding hydrogens is 266 g/mol. The van der Waals surface area contributed by atoms with Gasteiger partial charge in [-0.15, -0.1) is 10.3 Å². The van der Waals surface area contributed by atoms with Crippen LogP contribution in [-0.2, 0) is 5.21 Å². The van der Waals surface area contributed by atoms with Gasteiger partial charge in [-0.25, -0.2) is 4.79 Å². The second-order valence-corrected chi connectivity index (χ2v) is 6.67. The van der Waals surface area contributed by atoms with E-state index in [0.717, 1.165) is 16.2 Å². The summed E-state index contributed by atoms with van der Waals surface area (Å²) in [6.45, 7) is 7.75. The predicted molar refractivity (Wildman–Crippen MR) is 82.9 cm³/mol. The minimum Gasteiger partial charge on any atom is -0.351 e. The van der Waals surface area contributed by atoms with Crippen LogP contribution < -0.4 is 11.1 Å². The Balaban J connectivity index is 2.31. The number of nitrogens with one attached hydrogen (secondary N) is 1. The molecule has 2 rings (SSSR count). The van der Waals surface area contributed by atoms with Crippen molar-refractivity contribution >= 4 is 17.3 Å². The molecule has 0 saturated heterocycles. The fraction of sp³-hybridized carbons (Fsp3) is 0.438. The second kappa shape index (κ2) is 5.16. The molecule has 113 valence electrons. The molecule has 0 unspecified atom stereocenters. The van der Waals surface area contributed by atoms with E-state index in [1.54, 1.807) is 0 Å². The lowest BCUT2D eigenvalue weighted by molar-refractivity contribution is -0.260. The lowest BCUT2D eigenvalue weighted by atomic mass is 9.80. The lowest BCUT2D eigenvalue weighted by Crippen LogP contribution is -2.54. The minimum atomic E-state index is -0.580. The molecular formula is C16H22N3O2. The number of urea groups is 1. The van der Waals surface area contributed by atoms with Gasteiger partial charge < -0.3 is 11.1 Å². The van der Waals surface area contributed by atoms with Crippen LogP contribution in [0.15, 0.2) is 30.3 Å². The molecule has 2 amide bonds. The molecule has 5 heteroatoms. The molecule has 1 heterocycles. The molecule has 0 atom stereocenters. The third-order valence-electron chi connectivity index (χ3n) is 3.75. The van der Waals surface area contributed by atoms with E-state index in [9.17, 15) is 10.0 Å². The minimum absolute atomic E-state index is 0.447. The smallest absolute Gasteiger partial charge is 0.316 e. The fourth-order valence-corrected chi connectivity index (χ4v) is 2.95. The number of hydrogen-bond acceptors (Lipinski definition) is 2. The first kappa shape index (κ1) is 15.5. The standard InChI is InChI=1S/C16H22N3O2/c1-15(2)9-12(10-16(3,4)19(15)21)11-5-7-13(8-6-11)18-14(17)20/h5-9H,10H2,1-4H3,(H3,17,18,20). The molecule has 5 nitrogen and oxygen atoms in total. The number of benzene rings is 1. The van der Waals surface area contributed by atoms with Gasteiger partial charge in [0.05, 0.1) is 5.54 Å². The number of nitrogens with two attached hydrogens (primary N) is 1. The summed E-state index contributed by atoms with van der Waals surface area (Å²) in [5, 5.41) is 16.0. The van der Waals surface area contributed by atoms with E-state index in [2.05, 4.69) is 5.32 Å². The van der Waals surface area contributed by atoms with Gasteiger partial charge >= 0.3 is 6.03 Å². The summed E-state index contributed by atoms with van der Waals surface area (Å²) >= 11 is 0. The van der Waals surface area contributed by atoms with E-state index in [1.807, 2.05) is 58.0 Å². The Labute approximate surface area is 125 Å². The van der Waals surface area contributed by atoms with Crippen LogP contribution in [0, 0.1) is 0 Å². The molecule has 0 aliphatic carbocycles. The summed E-state index contributed by atoms with van der Waals surface area (Å²) in [5.41, 5.74) is 6.96. The van der Waals surface area contributed by atoms with E-state index >= 15 is 0 Å². The van der Waals surface area contributed by atoms with Crippen molar-refractivity contribution in [2.24, 2.45) is 5.73 Å². The number of hydrogen-bond donors (Lipinski definition) is 2. The van der Waals surface area contributed by atoms with E-state index in [-0.39, 0.29) is 0 Å². The Bertz CT molecular complexity index is 574. The fourth-order valence-electron chi connectivity index (χ4n) is 2.95. The van der Waals surface area contributed by atoms with Crippen LogP contribution in [0.3, 0.4) is 0 Å². The number of rotatable bonds is 2. The maximum Gasteiger partial charge on any atom is 0.316 e. The van der Waals surface area contributed by atoms with Crippen LogP contribution in [0.25, 0.3) is 5.57 Å². The lowest BCUT2D eigenvalue weighted by Gasteiger charge is -2.45. The zero-order chi connectivity index (χ0) is 15.8. The molecule has 0 fully saturated rings. The van der Waals surface area contributed by atoms with Gasteiger partial charge in [-0.3, -0.25) is 0 Å². The van der Waals surface area contributed by atoms with Gasteiger partial charge in [0.1, 0.15) is 0 Å². The van der Waals surface area contributed by atoms with Gasteiger partial charge in [0, 0.05) is 11.2 Å². The van der Waals surface area contributed by atoms with Crippen molar-refractivity contribution in [2.75, 3.05) is 5.32 Å². The van der Waals surface area contributed by atoms with Crippen molar-refractivity contribution < 1.29 is 10.0 Å². The first-order chi connectivity index (χ1) is 9.62. The SMILES string of the molecule is CC1(C)C=C(c2ccc(NC(N)=O)cc2)CC(C)(C)N1[O]. The first-order valence-corrected chi connectivity index (χ1v) is 6.98. The summed E-state index contributed by atoms with van der Waals surface area (Å²) in [7, 11) is 0. The number of anilines is 1. The van der Waals surface area contributed by atoms with E-state index in [1.165, 1.54) is 0 Å². The van der Waals surface area contributed by atoms with Gasteiger partial charge in [-0.05, 0) is 57.4 Å². The molecule has 3 N–H and O–H groups in total. The van der Waals surface area contributed by atoms with Crippen molar-refractivity contribution in [3.8, 4) is 0 Å². The van der Waals surface area contributed by atoms with Crippen molar-refractivity contribution in [1.29, 1.82) is 0 Å². The molecule has 0 bridgehead atoms. The molecule has 1 radical (unpaired) electrons. The molecule has 1 aromatic rings. The van der Waals surface area contributed by atoms with Gasteiger partial charge in [-0.1, -0.05) is 18.2 Å².